The molecule has 3 N–H and O–H groups in total. The summed E-state index contributed by atoms with van der Waals surface area (Å²) in [4.78, 5) is 25.7. The second kappa shape index (κ2) is 10.2. The van der Waals surface area contributed by atoms with Crippen LogP contribution in [0, 0.1) is 20.8 Å². The molecule has 4 rings (SSSR count). The second-order valence-electron chi connectivity index (χ2n) is 7.95. The van der Waals surface area contributed by atoms with Crippen molar-refractivity contribution in [3.05, 3.63) is 95.4 Å². The number of hydrogen-bond donors (Lipinski definition) is 3. The van der Waals surface area contributed by atoms with Crippen LogP contribution < -0.4 is 16.0 Å². The summed E-state index contributed by atoms with van der Waals surface area (Å²) < 4.78 is 0. The maximum absolute atomic E-state index is 12.6. The molecule has 0 atom stereocenters. The van der Waals surface area contributed by atoms with Gasteiger partial charge in [-0.15, -0.1) is 0 Å². The van der Waals surface area contributed by atoms with Gasteiger partial charge < -0.3 is 10.6 Å². The number of thiocarbonyl (C=S) groups is 1. The maximum atomic E-state index is 12.6. The summed E-state index contributed by atoms with van der Waals surface area (Å²) in [5.41, 5.74) is 6.84. The first-order chi connectivity index (χ1) is 16.4. The van der Waals surface area contributed by atoms with Crippen molar-refractivity contribution in [2.45, 2.75) is 20.8 Å². The van der Waals surface area contributed by atoms with Crippen LogP contribution in [0.3, 0.4) is 0 Å². The molecule has 0 unspecified atom stereocenters. The minimum atomic E-state index is -0.254. The summed E-state index contributed by atoms with van der Waals surface area (Å²) in [5, 5.41) is 9.29. The van der Waals surface area contributed by atoms with Crippen molar-refractivity contribution in [3.8, 4) is 11.3 Å². The Morgan fingerprint density at radius 3 is 2.47 bits per heavy atom. The first kappa shape index (κ1) is 23.0. The highest BCUT2D eigenvalue weighted by atomic mass is 32.1. The SMILES string of the molecule is Cc1cc(C)cc(C(=O)NC(=S)Nc2ccc(C)c(Nc3nccc(-c4cccnc4)n3)c2)c1. The number of rotatable bonds is 5. The molecule has 4 aromatic rings. The Labute approximate surface area is 203 Å². The van der Waals surface area contributed by atoms with Crippen LogP contribution in [0.1, 0.15) is 27.0 Å². The molecule has 34 heavy (non-hydrogen) atoms. The summed E-state index contributed by atoms with van der Waals surface area (Å²) in [5.74, 6) is 0.211. The number of anilines is 3. The van der Waals surface area contributed by atoms with Crippen LogP contribution in [0.5, 0.6) is 0 Å². The summed E-state index contributed by atoms with van der Waals surface area (Å²) in [6, 6.07) is 17.1. The monoisotopic (exact) mass is 468 g/mol. The molecule has 0 radical (unpaired) electrons. The Balaban J connectivity index is 1.46. The van der Waals surface area contributed by atoms with Crippen molar-refractivity contribution in [2.24, 2.45) is 0 Å². The van der Waals surface area contributed by atoms with Crippen LogP contribution in [0.4, 0.5) is 17.3 Å². The van der Waals surface area contributed by atoms with E-state index in [0.29, 0.717) is 11.5 Å². The molecule has 2 heterocycles. The van der Waals surface area contributed by atoms with Gasteiger partial charge in [0.25, 0.3) is 5.91 Å². The van der Waals surface area contributed by atoms with Crippen LogP contribution in [0.15, 0.2) is 73.2 Å². The number of amides is 1. The van der Waals surface area contributed by atoms with E-state index in [1.807, 2.05) is 75.4 Å². The van der Waals surface area contributed by atoms with Crippen LogP contribution in [0.25, 0.3) is 11.3 Å². The van der Waals surface area contributed by atoms with Gasteiger partial charge >= 0.3 is 0 Å². The zero-order chi connectivity index (χ0) is 24.1. The van der Waals surface area contributed by atoms with Gasteiger partial charge in [0.2, 0.25) is 5.95 Å². The normalized spacial score (nSPS) is 10.4. The molecule has 2 aromatic heterocycles. The second-order valence-corrected chi connectivity index (χ2v) is 8.35. The molecular formula is C26H24N6OS. The summed E-state index contributed by atoms with van der Waals surface area (Å²) in [6.07, 6.45) is 5.18. The van der Waals surface area contributed by atoms with Gasteiger partial charge in [0.05, 0.1) is 5.69 Å². The van der Waals surface area contributed by atoms with E-state index in [2.05, 4.69) is 30.9 Å². The average molecular weight is 469 g/mol. The Hall–Kier alpha value is -4.17. The highest BCUT2D eigenvalue weighted by molar-refractivity contribution is 7.80. The first-order valence-electron chi connectivity index (χ1n) is 10.7. The van der Waals surface area contributed by atoms with E-state index in [-0.39, 0.29) is 11.0 Å². The number of aromatic nitrogens is 3. The lowest BCUT2D eigenvalue weighted by Gasteiger charge is -2.14. The Morgan fingerprint density at radius 2 is 1.74 bits per heavy atom. The number of hydrogen-bond acceptors (Lipinski definition) is 6. The molecule has 170 valence electrons. The lowest BCUT2D eigenvalue weighted by atomic mass is 10.1. The summed E-state index contributed by atoms with van der Waals surface area (Å²) in [6.45, 7) is 5.89. The van der Waals surface area contributed by atoms with Crippen molar-refractivity contribution < 1.29 is 4.79 Å². The topological polar surface area (TPSA) is 91.8 Å². The van der Waals surface area contributed by atoms with Crippen molar-refractivity contribution >= 4 is 40.6 Å². The molecule has 0 aliphatic carbocycles. The van der Waals surface area contributed by atoms with E-state index in [9.17, 15) is 4.79 Å². The molecule has 0 fully saturated rings. The Morgan fingerprint density at radius 1 is 0.941 bits per heavy atom. The van der Waals surface area contributed by atoms with E-state index in [4.69, 9.17) is 12.2 Å². The largest absolute Gasteiger partial charge is 0.332 e. The molecule has 0 bridgehead atoms. The van der Waals surface area contributed by atoms with Gasteiger partial charge in [0, 0.05) is 41.1 Å². The summed E-state index contributed by atoms with van der Waals surface area (Å²) in [7, 11) is 0. The maximum Gasteiger partial charge on any atom is 0.257 e. The molecule has 1 amide bonds. The number of benzene rings is 2. The van der Waals surface area contributed by atoms with E-state index in [1.165, 1.54) is 0 Å². The molecular weight excluding hydrogens is 444 g/mol. The van der Waals surface area contributed by atoms with Gasteiger partial charge in [0.1, 0.15) is 0 Å². The number of carbonyl (C=O) groups excluding carboxylic acids is 1. The van der Waals surface area contributed by atoms with E-state index < -0.39 is 0 Å². The van der Waals surface area contributed by atoms with E-state index >= 15 is 0 Å². The molecule has 0 saturated heterocycles. The van der Waals surface area contributed by atoms with Crippen molar-refractivity contribution in [3.63, 3.8) is 0 Å². The van der Waals surface area contributed by atoms with E-state index in [0.717, 1.165) is 39.3 Å². The fraction of sp³-hybridized carbons (Fsp3) is 0.115. The van der Waals surface area contributed by atoms with Crippen LogP contribution in [-0.4, -0.2) is 26.0 Å². The lowest BCUT2D eigenvalue weighted by molar-refractivity contribution is 0.0977. The number of nitrogens with one attached hydrogen (secondary N) is 3. The molecule has 0 saturated carbocycles. The molecule has 0 spiro atoms. The standard InChI is InChI=1S/C26H24N6OS/c1-16-11-17(2)13-20(12-16)24(33)32-26(34)29-21-7-6-18(3)23(14-21)31-25-28-10-8-22(30-25)19-5-4-9-27-15-19/h4-15H,1-3H3,(H,28,30,31)(H2,29,32,33,34). The van der Waals surface area contributed by atoms with Gasteiger partial charge in [0.15, 0.2) is 5.11 Å². The highest BCUT2D eigenvalue weighted by Crippen LogP contribution is 2.24. The van der Waals surface area contributed by atoms with Gasteiger partial charge in [-0.2, -0.15) is 0 Å². The van der Waals surface area contributed by atoms with Gasteiger partial charge in [-0.3, -0.25) is 15.1 Å². The summed E-state index contributed by atoms with van der Waals surface area (Å²) >= 11 is 5.36. The average Bonchev–Trinajstić information content (AvgIpc) is 2.81. The predicted molar refractivity (Wildman–Crippen MR) is 139 cm³/mol. The minimum absolute atomic E-state index is 0.216. The third-order valence-electron chi connectivity index (χ3n) is 5.07. The van der Waals surface area contributed by atoms with Gasteiger partial charge in [-0.05, 0) is 81.0 Å². The molecule has 7 nitrogen and oxygen atoms in total. The van der Waals surface area contributed by atoms with Crippen LogP contribution >= 0.6 is 12.2 Å². The molecule has 0 aliphatic rings. The van der Waals surface area contributed by atoms with Crippen LogP contribution in [0.2, 0.25) is 0 Å². The fourth-order valence-electron chi connectivity index (χ4n) is 3.49. The number of nitrogens with zero attached hydrogens (tertiary/aromatic N) is 3. The minimum Gasteiger partial charge on any atom is -0.332 e. The third-order valence-corrected chi connectivity index (χ3v) is 5.27. The number of pyridine rings is 1. The zero-order valence-corrected chi connectivity index (χ0v) is 19.9. The lowest BCUT2D eigenvalue weighted by Crippen LogP contribution is -2.34. The molecule has 8 heteroatoms. The number of aryl methyl sites for hydroxylation is 3. The van der Waals surface area contributed by atoms with Gasteiger partial charge in [-0.1, -0.05) is 23.3 Å². The smallest absolute Gasteiger partial charge is 0.257 e. The van der Waals surface area contributed by atoms with Gasteiger partial charge in [-0.25, -0.2) is 9.97 Å². The number of carbonyl (C=O) groups is 1. The predicted octanol–water partition coefficient (Wildman–Crippen LogP) is 5.33. The Kier molecular flexibility index (Phi) is 6.89. The van der Waals surface area contributed by atoms with Crippen molar-refractivity contribution in [2.75, 3.05) is 10.6 Å². The first-order valence-corrected chi connectivity index (χ1v) is 11.1. The third kappa shape index (κ3) is 5.79. The van der Waals surface area contributed by atoms with Crippen molar-refractivity contribution in [1.82, 2.24) is 20.3 Å². The van der Waals surface area contributed by atoms with Crippen molar-refractivity contribution in [1.29, 1.82) is 0 Å². The quantitative estimate of drug-likeness (QED) is 0.341. The molecule has 0 aliphatic heterocycles. The van der Waals surface area contributed by atoms with E-state index in [1.54, 1.807) is 18.6 Å². The Bertz CT molecular complexity index is 1340. The molecule has 2 aromatic carbocycles. The highest BCUT2D eigenvalue weighted by Gasteiger charge is 2.10. The van der Waals surface area contributed by atoms with Crippen LogP contribution in [-0.2, 0) is 0 Å². The zero-order valence-electron chi connectivity index (χ0n) is 19.1. The fourth-order valence-corrected chi connectivity index (χ4v) is 3.70.